The molecule has 1 unspecified atom stereocenters. The summed E-state index contributed by atoms with van der Waals surface area (Å²) in [6.07, 6.45) is 2.40. The summed E-state index contributed by atoms with van der Waals surface area (Å²) in [5, 5.41) is 3.42. The fourth-order valence-corrected chi connectivity index (χ4v) is 3.24. The maximum atomic E-state index is 3.64. The highest BCUT2D eigenvalue weighted by Gasteiger charge is 2.34. The third-order valence-corrected chi connectivity index (χ3v) is 4.91. The van der Waals surface area contributed by atoms with E-state index in [0.717, 1.165) is 6.54 Å². The van der Waals surface area contributed by atoms with Gasteiger partial charge in [0.05, 0.1) is 0 Å². The lowest BCUT2D eigenvalue weighted by molar-refractivity contribution is 0.302. The number of hydrogen-bond acceptors (Lipinski definition) is 2. The summed E-state index contributed by atoms with van der Waals surface area (Å²) >= 11 is 3.64. The molecule has 0 aliphatic carbocycles. The van der Waals surface area contributed by atoms with Crippen LogP contribution in [0, 0.1) is 6.92 Å². The average molecular weight is 311 g/mol. The van der Waals surface area contributed by atoms with Crippen molar-refractivity contribution in [1.29, 1.82) is 0 Å². The minimum atomic E-state index is 0.209. The minimum Gasteiger partial charge on any atom is -0.366 e. The highest BCUT2D eigenvalue weighted by Crippen LogP contribution is 2.34. The van der Waals surface area contributed by atoms with E-state index < -0.39 is 0 Å². The first-order chi connectivity index (χ1) is 8.44. The van der Waals surface area contributed by atoms with E-state index in [1.54, 1.807) is 0 Å². The Hall–Kier alpha value is -0.540. The molecule has 1 aromatic carbocycles. The SMILES string of the molecule is CNC1CCN(c2ccc(C)c(Br)c2)C(C)(C)C1. The number of benzene rings is 1. The van der Waals surface area contributed by atoms with Gasteiger partial charge in [0.1, 0.15) is 0 Å². The second-order valence-corrected chi connectivity index (χ2v) is 6.73. The number of hydrogen-bond donors (Lipinski definition) is 1. The molecule has 100 valence electrons. The molecule has 3 heteroatoms. The normalized spacial score (nSPS) is 23.2. The predicted octanol–water partition coefficient (Wildman–Crippen LogP) is 3.72. The van der Waals surface area contributed by atoms with Gasteiger partial charge in [0.15, 0.2) is 0 Å². The zero-order valence-electron chi connectivity index (χ0n) is 11.8. The van der Waals surface area contributed by atoms with Crippen molar-refractivity contribution in [2.75, 3.05) is 18.5 Å². The lowest BCUT2D eigenvalue weighted by Crippen LogP contribution is -2.54. The Morgan fingerprint density at radius 3 is 2.67 bits per heavy atom. The van der Waals surface area contributed by atoms with Crippen LogP contribution >= 0.6 is 15.9 Å². The fraction of sp³-hybridized carbons (Fsp3) is 0.600. The Morgan fingerprint density at radius 2 is 2.11 bits per heavy atom. The molecule has 0 radical (unpaired) electrons. The predicted molar refractivity (Wildman–Crippen MR) is 82.4 cm³/mol. The Labute approximate surface area is 119 Å². The van der Waals surface area contributed by atoms with Crippen LogP contribution in [0.25, 0.3) is 0 Å². The summed E-state index contributed by atoms with van der Waals surface area (Å²) in [4.78, 5) is 2.53. The van der Waals surface area contributed by atoms with Crippen LogP contribution < -0.4 is 10.2 Å². The number of nitrogens with one attached hydrogen (secondary N) is 1. The number of halogens is 1. The molecule has 18 heavy (non-hydrogen) atoms. The monoisotopic (exact) mass is 310 g/mol. The van der Waals surface area contributed by atoms with Crippen molar-refractivity contribution in [2.24, 2.45) is 0 Å². The summed E-state index contributed by atoms with van der Waals surface area (Å²) < 4.78 is 1.20. The maximum Gasteiger partial charge on any atom is 0.0382 e. The Kier molecular flexibility index (Phi) is 4.02. The van der Waals surface area contributed by atoms with Crippen molar-refractivity contribution in [3.05, 3.63) is 28.2 Å². The highest BCUT2D eigenvalue weighted by atomic mass is 79.9. The van der Waals surface area contributed by atoms with Crippen molar-refractivity contribution in [3.63, 3.8) is 0 Å². The van der Waals surface area contributed by atoms with Crippen molar-refractivity contribution in [2.45, 2.75) is 45.2 Å². The molecular formula is C15H23BrN2. The van der Waals surface area contributed by atoms with E-state index in [2.05, 4.69) is 72.2 Å². The molecule has 1 aromatic rings. The van der Waals surface area contributed by atoms with Gasteiger partial charge >= 0.3 is 0 Å². The van der Waals surface area contributed by atoms with Crippen molar-refractivity contribution >= 4 is 21.6 Å². The van der Waals surface area contributed by atoms with E-state index >= 15 is 0 Å². The molecule has 0 saturated carbocycles. The van der Waals surface area contributed by atoms with Crippen molar-refractivity contribution in [3.8, 4) is 0 Å². The number of rotatable bonds is 2. The standard InChI is InChI=1S/C15H23BrN2/c1-11-5-6-13(9-14(11)16)18-8-7-12(17-4)10-15(18,2)3/h5-6,9,12,17H,7-8,10H2,1-4H3. The molecule has 0 spiro atoms. The quantitative estimate of drug-likeness (QED) is 0.895. The molecule has 0 aromatic heterocycles. The van der Waals surface area contributed by atoms with Crippen LogP contribution in [0.15, 0.2) is 22.7 Å². The van der Waals surface area contributed by atoms with Crippen LogP contribution in [-0.4, -0.2) is 25.2 Å². The second kappa shape index (κ2) is 5.22. The smallest absolute Gasteiger partial charge is 0.0382 e. The number of piperidine rings is 1. The van der Waals surface area contributed by atoms with E-state index in [4.69, 9.17) is 0 Å². The molecule has 1 N–H and O–H groups in total. The van der Waals surface area contributed by atoms with Crippen LogP contribution in [-0.2, 0) is 0 Å². The van der Waals surface area contributed by atoms with E-state index in [0.29, 0.717) is 6.04 Å². The molecule has 1 atom stereocenters. The van der Waals surface area contributed by atoms with Gasteiger partial charge in [0.2, 0.25) is 0 Å². The summed E-state index contributed by atoms with van der Waals surface area (Å²) in [5.74, 6) is 0. The third-order valence-electron chi connectivity index (χ3n) is 4.05. The van der Waals surface area contributed by atoms with E-state index in [-0.39, 0.29) is 5.54 Å². The molecule has 1 saturated heterocycles. The number of anilines is 1. The van der Waals surface area contributed by atoms with Gasteiger partial charge < -0.3 is 10.2 Å². The first kappa shape index (κ1) is 13.9. The zero-order valence-corrected chi connectivity index (χ0v) is 13.3. The molecule has 1 heterocycles. The van der Waals surface area contributed by atoms with E-state index in [1.165, 1.54) is 28.6 Å². The zero-order chi connectivity index (χ0) is 13.3. The van der Waals surface area contributed by atoms with Crippen LogP contribution in [0.2, 0.25) is 0 Å². The summed E-state index contributed by atoms with van der Waals surface area (Å²) in [6.45, 7) is 7.93. The molecular weight excluding hydrogens is 288 g/mol. The first-order valence-corrected chi connectivity index (χ1v) is 7.44. The van der Waals surface area contributed by atoms with Gasteiger partial charge in [-0.25, -0.2) is 0 Å². The average Bonchev–Trinajstić information content (AvgIpc) is 2.31. The molecule has 2 rings (SSSR count). The Bertz CT molecular complexity index is 429. The van der Waals surface area contributed by atoms with E-state index in [9.17, 15) is 0 Å². The molecule has 2 nitrogen and oxygen atoms in total. The van der Waals surface area contributed by atoms with Gasteiger partial charge in [-0.1, -0.05) is 22.0 Å². The maximum absolute atomic E-state index is 3.64. The second-order valence-electron chi connectivity index (χ2n) is 5.88. The van der Waals surface area contributed by atoms with Crippen molar-refractivity contribution in [1.82, 2.24) is 5.32 Å². The lowest BCUT2D eigenvalue weighted by atomic mass is 9.86. The van der Waals surface area contributed by atoms with Crippen LogP contribution in [0.1, 0.15) is 32.3 Å². The topological polar surface area (TPSA) is 15.3 Å². The fourth-order valence-electron chi connectivity index (χ4n) is 2.88. The Morgan fingerprint density at radius 1 is 1.39 bits per heavy atom. The largest absolute Gasteiger partial charge is 0.366 e. The molecule has 1 aliphatic rings. The third kappa shape index (κ3) is 2.72. The van der Waals surface area contributed by atoms with Crippen LogP contribution in [0.4, 0.5) is 5.69 Å². The highest BCUT2D eigenvalue weighted by molar-refractivity contribution is 9.10. The Balaban J connectivity index is 2.25. The van der Waals surface area contributed by atoms with Crippen LogP contribution in [0.3, 0.4) is 0 Å². The van der Waals surface area contributed by atoms with Gasteiger partial charge in [-0.15, -0.1) is 0 Å². The van der Waals surface area contributed by atoms with Gasteiger partial charge in [-0.05, 0) is 58.4 Å². The van der Waals surface area contributed by atoms with Crippen LogP contribution in [0.5, 0.6) is 0 Å². The lowest BCUT2D eigenvalue weighted by Gasteiger charge is -2.47. The van der Waals surface area contributed by atoms with E-state index in [1.807, 2.05) is 0 Å². The summed E-state index contributed by atoms with van der Waals surface area (Å²) in [6, 6.07) is 7.32. The molecule has 0 amide bonds. The van der Waals surface area contributed by atoms with Crippen molar-refractivity contribution < 1.29 is 0 Å². The van der Waals surface area contributed by atoms with Gasteiger partial charge in [0.25, 0.3) is 0 Å². The molecule has 1 fully saturated rings. The number of nitrogens with zero attached hydrogens (tertiary/aromatic N) is 1. The summed E-state index contributed by atoms with van der Waals surface area (Å²) in [5.41, 5.74) is 2.83. The molecule has 1 aliphatic heterocycles. The summed E-state index contributed by atoms with van der Waals surface area (Å²) in [7, 11) is 2.07. The van der Waals surface area contributed by atoms with Gasteiger partial charge in [-0.3, -0.25) is 0 Å². The minimum absolute atomic E-state index is 0.209. The van der Waals surface area contributed by atoms with Gasteiger partial charge in [0, 0.05) is 28.3 Å². The number of aryl methyl sites for hydroxylation is 1. The first-order valence-electron chi connectivity index (χ1n) is 6.65. The molecule has 0 bridgehead atoms. The van der Waals surface area contributed by atoms with Gasteiger partial charge in [-0.2, -0.15) is 0 Å².